The third kappa shape index (κ3) is 5.97. The van der Waals surface area contributed by atoms with Gasteiger partial charge in [-0.2, -0.15) is 0 Å². The van der Waals surface area contributed by atoms with Crippen molar-refractivity contribution in [1.29, 1.82) is 5.41 Å². The number of allylic oxidation sites excluding steroid dienone is 3. The Morgan fingerprint density at radius 3 is 1.79 bits per heavy atom. The minimum Gasteiger partial charge on any atom is -0.454 e. The Labute approximate surface area is 361 Å². The Morgan fingerprint density at radius 2 is 1.10 bits per heavy atom. The number of furan rings is 1. The summed E-state index contributed by atoms with van der Waals surface area (Å²) >= 11 is 0. The van der Waals surface area contributed by atoms with E-state index in [9.17, 15) is 0 Å². The lowest BCUT2D eigenvalue weighted by molar-refractivity contribution is 0.668. The first kappa shape index (κ1) is 36.2. The van der Waals surface area contributed by atoms with Gasteiger partial charge in [0.1, 0.15) is 11.1 Å². The van der Waals surface area contributed by atoms with Crippen molar-refractivity contribution in [2.75, 3.05) is 0 Å². The number of nitrogens with one attached hydrogen (secondary N) is 1. The summed E-state index contributed by atoms with van der Waals surface area (Å²) in [5, 5.41) is 13.9. The van der Waals surface area contributed by atoms with Crippen molar-refractivity contribution in [1.82, 2.24) is 24.1 Å². The number of pyridine rings is 1. The highest BCUT2D eigenvalue weighted by atomic mass is 16.3. The highest BCUT2D eigenvalue weighted by molar-refractivity contribution is 6.16. The summed E-state index contributed by atoms with van der Waals surface area (Å²) in [6.45, 7) is 4.57. The third-order valence-electron chi connectivity index (χ3n) is 12.1. The zero-order chi connectivity index (χ0) is 42.0. The molecule has 0 spiro atoms. The molecular formula is C56H36N6O. The Balaban J connectivity index is 0.970. The van der Waals surface area contributed by atoms with Gasteiger partial charge in [-0.15, -0.1) is 0 Å². The van der Waals surface area contributed by atoms with Gasteiger partial charge in [0.25, 0.3) is 0 Å². The van der Waals surface area contributed by atoms with Crippen LogP contribution < -0.4 is 0 Å². The molecule has 0 saturated heterocycles. The van der Waals surface area contributed by atoms with E-state index in [1.165, 1.54) is 6.21 Å². The third-order valence-corrected chi connectivity index (χ3v) is 12.1. The van der Waals surface area contributed by atoms with E-state index in [2.05, 4.69) is 136 Å². The van der Waals surface area contributed by atoms with E-state index in [4.69, 9.17) is 19.8 Å². The van der Waals surface area contributed by atoms with E-state index in [1.807, 2.05) is 72.8 Å². The number of hydrogen-bond acceptors (Lipinski definition) is 5. The summed E-state index contributed by atoms with van der Waals surface area (Å²) in [6.07, 6.45) is 5.14. The summed E-state index contributed by atoms with van der Waals surface area (Å²) in [5.74, 6) is 0.622. The summed E-state index contributed by atoms with van der Waals surface area (Å²) < 4.78 is 10.4. The Morgan fingerprint density at radius 1 is 0.508 bits per heavy atom. The zero-order valence-electron chi connectivity index (χ0n) is 33.9. The summed E-state index contributed by atoms with van der Waals surface area (Å²) in [5.41, 5.74) is 14.8. The van der Waals surface area contributed by atoms with Gasteiger partial charge in [0.05, 0.1) is 33.5 Å². The number of nitrogens with zero attached hydrogens (tertiary/aromatic N) is 5. The van der Waals surface area contributed by atoms with Gasteiger partial charge >= 0.3 is 0 Å². The van der Waals surface area contributed by atoms with Crippen LogP contribution in [0.5, 0.6) is 0 Å². The van der Waals surface area contributed by atoms with Crippen molar-refractivity contribution in [3.8, 4) is 39.6 Å². The number of hydrogen-bond donors (Lipinski definition) is 1. The Kier molecular flexibility index (Phi) is 8.33. The lowest BCUT2D eigenvalue weighted by Gasteiger charge is -2.12. The monoisotopic (exact) mass is 808 g/mol. The molecule has 0 saturated carbocycles. The van der Waals surface area contributed by atoms with Gasteiger partial charge in [0.15, 0.2) is 5.58 Å². The van der Waals surface area contributed by atoms with Crippen LogP contribution in [0.25, 0.3) is 117 Å². The first-order chi connectivity index (χ1) is 31.1. The van der Waals surface area contributed by atoms with Crippen molar-refractivity contribution in [2.24, 2.45) is 0 Å². The second-order valence-corrected chi connectivity index (χ2v) is 15.7. The van der Waals surface area contributed by atoms with Gasteiger partial charge in [0, 0.05) is 61.7 Å². The fourth-order valence-electron chi connectivity index (χ4n) is 9.11. The molecule has 63 heavy (non-hydrogen) atoms. The van der Waals surface area contributed by atoms with Crippen LogP contribution in [-0.2, 0) is 0 Å². The van der Waals surface area contributed by atoms with E-state index in [0.29, 0.717) is 5.95 Å². The van der Waals surface area contributed by atoms with Crippen molar-refractivity contribution < 1.29 is 4.42 Å². The fraction of sp³-hybridized carbons (Fsp3) is 0. The summed E-state index contributed by atoms with van der Waals surface area (Å²) in [6, 6.07) is 62.7. The van der Waals surface area contributed by atoms with Gasteiger partial charge in [-0.1, -0.05) is 122 Å². The predicted molar refractivity (Wildman–Crippen MR) is 259 cm³/mol. The van der Waals surface area contributed by atoms with Gasteiger partial charge in [-0.25, -0.2) is 9.97 Å². The van der Waals surface area contributed by atoms with Crippen LogP contribution in [0.2, 0.25) is 0 Å². The molecule has 0 aliphatic heterocycles. The lowest BCUT2D eigenvalue weighted by Crippen LogP contribution is -2.03. The molecule has 0 amide bonds. The normalized spacial score (nSPS) is 12.0. The van der Waals surface area contributed by atoms with Gasteiger partial charge < -0.3 is 14.4 Å². The second kappa shape index (κ2) is 14.5. The van der Waals surface area contributed by atoms with Crippen LogP contribution in [0, 0.1) is 5.41 Å². The molecule has 296 valence electrons. The highest BCUT2D eigenvalue weighted by Gasteiger charge is 2.19. The van der Waals surface area contributed by atoms with E-state index in [1.54, 1.807) is 6.20 Å². The molecule has 7 heteroatoms. The number of fused-ring (bicyclic) bond motifs is 9. The summed E-state index contributed by atoms with van der Waals surface area (Å²) in [7, 11) is 0. The minimum atomic E-state index is 0.622. The largest absolute Gasteiger partial charge is 0.454 e. The average molecular weight is 809 g/mol. The minimum absolute atomic E-state index is 0.622. The molecule has 0 radical (unpaired) electrons. The number of aromatic nitrogens is 5. The van der Waals surface area contributed by atoms with Crippen molar-refractivity contribution >= 4 is 83.2 Å². The van der Waals surface area contributed by atoms with Crippen LogP contribution in [0.15, 0.2) is 205 Å². The molecule has 0 unspecified atom stereocenters. The highest BCUT2D eigenvalue weighted by Crippen LogP contribution is 2.39. The molecule has 12 aromatic rings. The van der Waals surface area contributed by atoms with Gasteiger partial charge in [0.2, 0.25) is 5.95 Å². The smallest absolute Gasteiger partial charge is 0.235 e. The molecule has 12 rings (SSSR count). The quantitative estimate of drug-likeness (QED) is 0.122. The molecule has 0 bridgehead atoms. The fourth-order valence-corrected chi connectivity index (χ4v) is 9.11. The standard InChI is InChI=1S/C56H36N6O/c1-35(29-41(34-57)40-24-27-53-46(32-40)55-54(63-53)21-12-28-58-55)61-49-19-10-8-17-42(49)44-30-38(22-25-51(44)61)39-23-26-52-45(31-39)43-18-9-11-20-50(43)62(52)56-59-47(36-13-4-2-5-14-36)33-48(60-56)37-15-6-3-7-16-37/h2-34,57H,1H2/b41-29+,57-34?. The average Bonchev–Trinajstić information content (AvgIpc) is 4.00. The molecular weight excluding hydrogens is 773 g/mol. The van der Waals surface area contributed by atoms with Crippen LogP contribution in [0.3, 0.4) is 0 Å². The SMILES string of the molecule is C=C(/C=C(\C=N)c1ccc2oc3cccnc3c2c1)n1c2ccccc2c2cc(-c3ccc4c(c3)c3ccccc3n4-c3nc(-c4ccccc4)cc(-c4ccccc4)n3)ccc21. The van der Waals surface area contributed by atoms with Gasteiger partial charge in [-0.3, -0.25) is 9.55 Å². The van der Waals surface area contributed by atoms with Crippen molar-refractivity contribution in [3.05, 3.63) is 206 Å². The molecule has 0 aliphatic rings. The maximum absolute atomic E-state index is 8.46. The van der Waals surface area contributed by atoms with Gasteiger partial charge in [-0.05, 0) is 89.5 Å². The lowest BCUT2D eigenvalue weighted by atomic mass is 10.0. The first-order valence-corrected chi connectivity index (χ1v) is 20.9. The Hall–Kier alpha value is -8.68. The maximum Gasteiger partial charge on any atom is 0.235 e. The molecule has 7 aromatic carbocycles. The topological polar surface area (TPSA) is 85.5 Å². The molecule has 0 fully saturated rings. The van der Waals surface area contributed by atoms with Crippen LogP contribution in [-0.4, -0.2) is 30.3 Å². The molecule has 5 aromatic heterocycles. The predicted octanol–water partition coefficient (Wildman–Crippen LogP) is 14.2. The molecule has 1 N–H and O–H groups in total. The van der Waals surface area contributed by atoms with Crippen LogP contribution in [0.1, 0.15) is 5.56 Å². The molecule has 5 heterocycles. The number of para-hydroxylation sites is 2. The zero-order valence-corrected chi connectivity index (χ0v) is 33.9. The van der Waals surface area contributed by atoms with Crippen molar-refractivity contribution in [3.63, 3.8) is 0 Å². The molecule has 7 nitrogen and oxygen atoms in total. The second-order valence-electron chi connectivity index (χ2n) is 15.7. The maximum atomic E-state index is 8.46. The van der Waals surface area contributed by atoms with E-state index in [0.717, 1.165) is 116 Å². The first-order valence-electron chi connectivity index (χ1n) is 20.9. The van der Waals surface area contributed by atoms with E-state index < -0.39 is 0 Å². The number of rotatable bonds is 8. The van der Waals surface area contributed by atoms with Crippen LogP contribution in [0.4, 0.5) is 0 Å². The molecule has 0 atom stereocenters. The van der Waals surface area contributed by atoms with E-state index >= 15 is 0 Å². The Bertz CT molecular complexity index is 3780. The molecule has 0 aliphatic carbocycles. The van der Waals surface area contributed by atoms with Crippen LogP contribution >= 0.6 is 0 Å². The summed E-state index contributed by atoms with van der Waals surface area (Å²) in [4.78, 5) is 15.0. The van der Waals surface area contributed by atoms with E-state index in [-0.39, 0.29) is 0 Å². The number of benzene rings is 7. The van der Waals surface area contributed by atoms with Crippen molar-refractivity contribution in [2.45, 2.75) is 0 Å².